The normalized spacial score (nSPS) is 18.0. The van der Waals surface area contributed by atoms with Crippen molar-refractivity contribution in [3.8, 4) is 17.2 Å². The van der Waals surface area contributed by atoms with Crippen LogP contribution in [0.1, 0.15) is 55.2 Å². The molecule has 0 saturated heterocycles. The third-order valence-corrected chi connectivity index (χ3v) is 8.92. The molecule has 7 nitrogen and oxygen atoms in total. The number of methoxy groups -OCH3 is 2. The lowest BCUT2D eigenvalue weighted by Crippen LogP contribution is -2.36. The largest absolute Gasteiger partial charge is 0.493 e. The van der Waals surface area contributed by atoms with E-state index in [1.165, 1.54) is 0 Å². The fourth-order valence-corrected chi connectivity index (χ4v) is 6.45. The highest BCUT2D eigenvalue weighted by molar-refractivity contribution is 7.99. The number of Topliss-reactive ketones (excluding diaryl/α,β-unsaturated/α-hetero) is 1. The molecule has 8 heteroatoms. The standard InChI is InChI=1S/C36H39NO6S/c1-5-44-18-17-42-36(39)33-23(2)37-28-19-26(25-15-16-31(40-3)32(21-25)41-4)20-29(38)35(28)34(33)27-13-9-10-14-30(27)43-22-24-11-7-6-8-12-24/h6-16,21,26,34,37H,5,17-20,22H2,1-4H3/t26-,34+/m1/s1. The van der Waals surface area contributed by atoms with E-state index in [4.69, 9.17) is 18.9 Å². The van der Waals surface area contributed by atoms with Crippen LogP contribution < -0.4 is 19.5 Å². The minimum atomic E-state index is -0.622. The van der Waals surface area contributed by atoms with Crippen molar-refractivity contribution in [3.63, 3.8) is 0 Å². The molecule has 0 amide bonds. The van der Waals surface area contributed by atoms with Crippen LogP contribution in [0, 0.1) is 0 Å². The molecule has 2 atom stereocenters. The Hall–Kier alpha value is -4.17. The van der Waals surface area contributed by atoms with Crippen molar-refractivity contribution in [2.45, 2.75) is 45.1 Å². The van der Waals surface area contributed by atoms with Crippen LogP contribution in [0.2, 0.25) is 0 Å². The van der Waals surface area contributed by atoms with Crippen molar-refractivity contribution in [2.75, 3.05) is 32.3 Å². The Kier molecular flexibility index (Phi) is 10.3. The first-order valence-electron chi connectivity index (χ1n) is 14.9. The van der Waals surface area contributed by atoms with Gasteiger partial charge in [0.2, 0.25) is 0 Å². The van der Waals surface area contributed by atoms with Gasteiger partial charge in [-0.05, 0) is 54.3 Å². The monoisotopic (exact) mass is 613 g/mol. The number of thioether (sulfide) groups is 1. The molecule has 0 aromatic heterocycles. The molecule has 1 N–H and O–H groups in total. The van der Waals surface area contributed by atoms with E-state index in [0.29, 0.717) is 65.9 Å². The first kappa shape index (κ1) is 31.3. The number of hydrogen-bond donors (Lipinski definition) is 1. The Morgan fingerprint density at radius 1 is 0.932 bits per heavy atom. The summed E-state index contributed by atoms with van der Waals surface area (Å²) in [5.41, 5.74) is 5.33. The van der Waals surface area contributed by atoms with Gasteiger partial charge in [-0.3, -0.25) is 4.79 Å². The van der Waals surface area contributed by atoms with E-state index in [9.17, 15) is 9.59 Å². The van der Waals surface area contributed by atoms with Gasteiger partial charge in [0.1, 0.15) is 19.0 Å². The topological polar surface area (TPSA) is 83.1 Å². The molecule has 0 spiro atoms. The first-order valence-corrected chi connectivity index (χ1v) is 16.1. The summed E-state index contributed by atoms with van der Waals surface area (Å²) in [4.78, 5) is 27.9. The maximum Gasteiger partial charge on any atom is 0.336 e. The van der Waals surface area contributed by atoms with Crippen molar-refractivity contribution in [3.05, 3.63) is 112 Å². The van der Waals surface area contributed by atoms with Crippen LogP contribution in [0.4, 0.5) is 0 Å². The number of benzene rings is 3. The Balaban J connectivity index is 1.53. The molecule has 0 radical (unpaired) electrons. The van der Waals surface area contributed by atoms with Crippen LogP contribution in [0.5, 0.6) is 17.2 Å². The average molecular weight is 614 g/mol. The highest BCUT2D eigenvalue weighted by Crippen LogP contribution is 2.48. The summed E-state index contributed by atoms with van der Waals surface area (Å²) in [7, 11) is 3.21. The first-order chi connectivity index (χ1) is 21.4. The van der Waals surface area contributed by atoms with Crippen LogP contribution in [0.25, 0.3) is 0 Å². The maximum absolute atomic E-state index is 14.2. The van der Waals surface area contributed by atoms with Gasteiger partial charge in [-0.1, -0.05) is 61.5 Å². The molecular weight excluding hydrogens is 574 g/mol. The van der Waals surface area contributed by atoms with E-state index in [2.05, 4.69) is 12.2 Å². The number of ether oxygens (including phenoxy) is 4. The van der Waals surface area contributed by atoms with Crippen molar-refractivity contribution in [1.29, 1.82) is 0 Å². The number of esters is 1. The number of carbonyl (C=O) groups is 2. The van der Waals surface area contributed by atoms with Crippen molar-refractivity contribution >= 4 is 23.5 Å². The van der Waals surface area contributed by atoms with Gasteiger partial charge in [0.05, 0.1) is 25.7 Å². The highest BCUT2D eigenvalue weighted by atomic mass is 32.2. The molecule has 44 heavy (non-hydrogen) atoms. The smallest absolute Gasteiger partial charge is 0.336 e. The molecular formula is C36H39NO6S. The molecule has 3 aromatic rings. The fourth-order valence-electron chi connectivity index (χ4n) is 5.96. The predicted molar refractivity (Wildman–Crippen MR) is 173 cm³/mol. The number of rotatable bonds is 12. The summed E-state index contributed by atoms with van der Waals surface area (Å²) in [5.74, 6) is 2.43. The third kappa shape index (κ3) is 6.81. The Morgan fingerprint density at radius 3 is 2.43 bits per heavy atom. The number of para-hydroxylation sites is 1. The van der Waals surface area contributed by atoms with Crippen molar-refractivity contribution in [2.24, 2.45) is 0 Å². The SMILES string of the molecule is CCSCCOC(=O)C1=C(C)NC2=C(C(=O)C[C@H](c3ccc(OC)c(OC)c3)C2)[C@H]1c1ccccc1OCc1ccccc1. The van der Waals surface area contributed by atoms with E-state index in [0.717, 1.165) is 28.1 Å². The lowest BCUT2D eigenvalue weighted by molar-refractivity contribution is -0.138. The minimum Gasteiger partial charge on any atom is -0.493 e. The molecule has 1 aliphatic carbocycles. The maximum atomic E-state index is 14.2. The number of carbonyl (C=O) groups excluding carboxylic acids is 2. The predicted octanol–water partition coefficient (Wildman–Crippen LogP) is 6.94. The molecule has 0 saturated carbocycles. The van der Waals surface area contributed by atoms with Gasteiger partial charge in [0.25, 0.3) is 0 Å². The molecule has 230 valence electrons. The lowest BCUT2D eigenvalue weighted by atomic mass is 9.71. The van der Waals surface area contributed by atoms with Crippen LogP contribution >= 0.6 is 11.8 Å². The van der Waals surface area contributed by atoms with E-state index in [1.807, 2.05) is 79.7 Å². The molecule has 0 bridgehead atoms. The van der Waals surface area contributed by atoms with Crippen molar-refractivity contribution < 1.29 is 28.5 Å². The number of nitrogens with one attached hydrogen (secondary N) is 1. The van der Waals surface area contributed by atoms with E-state index >= 15 is 0 Å². The zero-order valence-corrected chi connectivity index (χ0v) is 26.5. The number of allylic oxidation sites excluding steroid dienone is 3. The summed E-state index contributed by atoms with van der Waals surface area (Å²) in [6.45, 7) is 4.62. The fraction of sp³-hybridized carbons (Fsp3) is 0.333. The van der Waals surface area contributed by atoms with Crippen LogP contribution in [0.15, 0.2) is 95.3 Å². The molecule has 5 rings (SSSR count). The zero-order chi connectivity index (χ0) is 31.1. The van der Waals surface area contributed by atoms with Crippen LogP contribution in [-0.2, 0) is 20.9 Å². The number of hydrogen-bond acceptors (Lipinski definition) is 8. The van der Waals surface area contributed by atoms with Gasteiger partial charge < -0.3 is 24.3 Å². The second-order valence-electron chi connectivity index (χ2n) is 10.8. The summed E-state index contributed by atoms with van der Waals surface area (Å²) in [6, 6.07) is 23.4. The van der Waals surface area contributed by atoms with Crippen molar-refractivity contribution in [1.82, 2.24) is 5.32 Å². The van der Waals surface area contributed by atoms with Crippen LogP contribution in [-0.4, -0.2) is 44.1 Å². The van der Waals surface area contributed by atoms with Gasteiger partial charge >= 0.3 is 5.97 Å². The van der Waals surface area contributed by atoms with Gasteiger partial charge in [0, 0.05) is 34.7 Å². The molecule has 0 fully saturated rings. The second kappa shape index (κ2) is 14.5. The molecule has 1 heterocycles. The van der Waals surface area contributed by atoms with Gasteiger partial charge in [-0.15, -0.1) is 0 Å². The Bertz CT molecular complexity index is 1560. The summed E-state index contributed by atoms with van der Waals surface area (Å²) in [6.07, 6.45) is 0.904. The molecule has 2 aliphatic rings. The lowest BCUT2D eigenvalue weighted by Gasteiger charge is -2.37. The van der Waals surface area contributed by atoms with Gasteiger partial charge in [0.15, 0.2) is 17.3 Å². The minimum absolute atomic E-state index is 0.0132. The summed E-state index contributed by atoms with van der Waals surface area (Å²) < 4.78 is 23.1. The van der Waals surface area contributed by atoms with E-state index < -0.39 is 11.9 Å². The molecule has 1 aliphatic heterocycles. The quantitative estimate of drug-likeness (QED) is 0.174. The van der Waals surface area contributed by atoms with E-state index in [-0.39, 0.29) is 11.7 Å². The molecule has 0 unspecified atom stereocenters. The Labute approximate surface area is 263 Å². The number of dihydropyridines is 1. The van der Waals surface area contributed by atoms with Gasteiger partial charge in [-0.25, -0.2) is 4.79 Å². The zero-order valence-electron chi connectivity index (χ0n) is 25.7. The third-order valence-electron chi connectivity index (χ3n) is 8.06. The Morgan fingerprint density at radius 2 is 1.68 bits per heavy atom. The summed E-state index contributed by atoms with van der Waals surface area (Å²) >= 11 is 1.71. The van der Waals surface area contributed by atoms with E-state index in [1.54, 1.807) is 26.0 Å². The van der Waals surface area contributed by atoms with Gasteiger partial charge in [-0.2, -0.15) is 11.8 Å². The second-order valence-corrected chi connectivity index (χ2v) is 12.2. The van der Waals surface area contributed by atoms with Crippen LogP contribution in [0.3, 0.4) is 0 Å². The number of ketones is 1. The average Bonchev–Trinajstić information content (AvgIpc) is 3.05. The summed E-state index contributed by atoms with van der Waals surface area (Å²) in [5, 5.41) is 3.44. The molecule has 3 aromatic carbocycles. The highest BCUT2D eigenvalue weighted by Gasteiger charge is 2.42.